The second-order valence-electron chi connectivity index (χ2n) is 5.93. The van der Waals surface area contributed by atoms with Gasteiger partial charge in [0.05, 0.1) is 30.8 Å². The van der Waals surface area contributed by atoms with E-state index in [2.05, 4.69) is 15.1 Å². The minimum Gasteiger partial charge on any atom is -0.493 e. The Balaban J connectivity index is 1.97. The van der Waals surface area contributed by atoms with Gasteiger partial charge in [-0.25, -0.2) is 4.52 Å². The Hall–Kier alpha value is -3.56. The number of H-pyrrole nitrogens is 1. The summed E-state index contributed by atoms with van der Waals surface area (Å²) < 4.78 is 50.7. The molecule has 0 saturated carbocycles. The number of aromatic amines is 1. The van der Waals surface area contributed by atoms with Crippen molar-refractivity contribution < 1.29 is 22.6 Å². The number of alkyl halides is 3. The quantitative estimate of drug-likeness (QED) is 0.581. The Morgan fingerprint density at radius 3 is 2.46 bits per heavy atom. The summed E-state index contributed by atoms with van der Waals surface area (Å²) in [4.78, 5) is 18.5. The average Bonchev–Trinajstić information content (AvgIpc) is 3.10. The van der Waals surface area contributed by atoms with Crippen LogP contribution in [0.1, 0.15) is 5.69 Å². The summed E-state index contributed by atoms with van der Waals surface area (Å²) in [6.45, 7) is 0. The van der Waals surface area contributed by atoms with E-state index in [0.29, 0.717) is 28.0 Å². The molecule has 0 fully saturated rings. The normalized spacial score (nSPS) is 11.9. The maximum atomic E-state index is 12.9. The molecule has 28 heavy (non-hydrogen) atoms. The minimum absolute atomic E-state index is 0.223. The molecule has 144 valence electrons. The fourth-order valence-corrected chi connectivity index (χ4v) is 2.95. The van der Waals surface area contributed by atoms with Gasteiger partial charge in [0.2, 0.25) is 0 Å². The Morgan fingerprint density at radius 1 is 1.07 bits per heavy atom. The Kier molecular flexibility index (Phi) is 3.98. The molecule has 0 amide bonds. The third kappa shape index (κ3) is 2.82. The highest BCUT2D eigenvalue weighted by Crippen LogP contribution is 2.32. The maximum Gasteiger partial charge on any atom is 0.433 e. The third-order valence-electron chi connectivity index (χ3n) is 4.27. The lowest BCUT2D eigenvalue weighted by Crippen LogP contribution is -2.10. The average molecular weight is 390 g/mol. The molecule has 3 aromatic heterocycles. The van der Waals surface area contributed by atoms with Crippen LogP contribution in [0.2, 0.25) is 0 Å². The maximum absolute atomic E-state index is 12.9. The molecule has 0 spiro atoms. The fourth-order valence-electron chi connectivity index (χ4n) is 2.95. The second-order valence-corrected chi connectivity index (χ2v) is 5.93. The van der Waals surface area contributed by atoms with Crippen LogP contribution in [-0.4, -0.2) is 33.8 Å². The van der Waals surface area contributed by atoms with Crippen LogP contribution in [0.3, 0.4) is 0 Å². The summed E-state index contributed by atoms with van der Waals surface area (Å²) in [5.74, 6) is 0.762. The zero-order valence-corrected chi connectivity index (χ0v) is 14.7. The number of halogens is 3. The van der Waals surface area contributed by atoms with E-state index in [1.165, 1.54) is 36.9 Å². The molecule has 4 aromatic rings. The number of nitrogens with zero attached hydrogens (tertiary/aromatic N) is 3. The molecule has 0 aliphatic carbocycles. The second kappa shape index (κ2) is 6.25. The van der Waals surface area contributed by atoms with Crippen molar-refractivity contribution >= 4 is 16.6 Å². The number of ether oxygens (including phenoxy) is 2. The molecule has 0 aliphatic rings. The number of nitrogens with one attached hydrogen (secondary N) is 1. The van der Waals surface area contributed by atoms with Crippen LogP contribution < -0.4 is 15.0 Å². The number of pyridine rings is 1. The minimum atomic E-state index is -4.57. The van der Waals surface area contributed by atoms with E-state index in [1.807, 2.05) is 0 Å². The van der Waals surface area contributed by atoms with Gasteiger partial charge in [0.15, 0.2) is 11.5 Å². The molecule has 0 radical (unpaired) electrons. The topological polar surface area (TPSA) is 81.5 Å². The van der Waals surface area contributed by atoms with E-state index in [0.717, 1.165) is 12.3 Å². The monoisotopic (exact) mass is 390 g/mol. The Morgan fingerprint density at radius 2 is 1.79 bits per heavy atom. The predicted molar refractivity (Wildman–Crippen MR) is 94.7 cm³/mol. The molecule has 1 N–H and O–H groups in total. The van der Waals surface area contributed by atoms with Gasteiger partial charge in [-0.2, -0.15) is 18.3 Å². The van der Waals surface area contributed by atoms with Crippen molar-refractivity contribution in [2.45, 2.75) is 6.18 Å². The zero-order chi connectivity index (χ0) is 20.1. The number of benzene rings is 1. The molecule has 0 aliphatic heterocycles. The van der Waals surface area contributed by atoms with Gasteiger partial charge in [0.25, 0.3) is 5.56 Å². The smallest absolute Gasteiger partial charge is 0.433 e. The van der Waals surface area contributed by atoms with Crippen LogP contribution in [0.5, 0.6) is 11.5 Å². The summed E-state index contributed by atoms with van der Waals surface area (Å²) in [7, 11) is 2.91. The molecular formula is C18H13F3N4O3. The molecule has 3 heterocycles. The van der Waals surface area contributed by atoms with Gasteiger partial charge in [-0.15, -0.1) is 0 Å². The van der Waals surface area contributed by atoms with Crippen molar-refractivity contribution in [1.82, 2.24) is 19.6 Å². The lowest BCUT2D eigenvalue weighted by Gasteiger charge is -2.09. The third-order valence-corrected chi connectivity index (χ3v) is 4.27. The molecule has 7 nitrogen and oxygen atoms in total. The first-order valence-corrected chi connectivity index (χ1v) is 8.03. The lowest BCUT2D eigenvalue weighted by molar-refractivity contribution is -0.141. The van der Waals surface area contributed by atoms with Gasteiger partial charge >= 0.3 is 6.18 Å². The number of rotatable bonds is 3. The van der Waals surface area contributed by atoms with Gasteiger partial charge in [0, 0.05) is 23.9 Å². The summed E-state index contributed by atoms with van der Waals surface area (Å²) in [5.41, 5.74) is -0.184. The van der Waals surface area contributed by atoms with Crippen molar-refractivity contribution in [2.24, 2.45) is 0 Å². The van der Waals surface area contributed by atoms with E-state index < -0.39 is 11.9 Å². The summed E-state index contributed by atoms with van der Waals surface area (Å²) in [6.07, 6.45) is -3.50. The van der Waals surface area contributed by atoms with Crippen LogP contribution >= 0.6 is 0 Å². The Bertz CT molecular complexity index is 1260. The van der Waals surface area contributed by atoms with Crippen LogP contribution in [-0.2, 0) is 6.18 Å². The summed E-state index contributed by atoms with van der Waals surface area (Å²) >= 11 is 0. The molecule has 0 saturated heterocycles. The number of aromatic nitrogens is 4. The largest absolute Gasteiger partial charge is 0.493 e. The summed E-state index contributed by atoms with van der Waals surface area (Å²) in [6, 6.07) is 6.92. The molecule has 0 bridgehead atoms. The molecule has 4 rings (SSSR count). The van der Waals surface area contributed by atoms with Gasteiger partial charge < -0.3 is 14.5 Å². The SMILES string of the molecule is COc1cc2c(=O)[nH]c3cc(-c4ccnc(C(F)(F)F)c4)nn3c2cc1OC. The Labute approximate surface area is 155 Å². The highest BCUT2D eigenvalue weighted by atomic mass is 19.4. The van der Waals surface area contributed by atoms with Gasteiger partial charge in [-0.05, 0) is 18.2 Å². The van der Waals surface area contributed by atoms with Crippen LogP contribution in [0.15, 0.2) is 41.3 Å². The van der Waals surface area contributed by atoms with E-state index in [4.69, 9.17) is 9.47 Å². The number of hydrogen-bond donors (Lipinski definition) is 1. The van der Waals surface area contributed by atoms with E-state index >= 15 is 0 Å². The molecule has 0 atom stereocenters. The first kappa shape index (κ1) is 17.8. The van der Waals surface area contributed by atoms with E-state index in [1.54, 1.807) is 6.07 Å². The number of hydrogen-bond acceptors (Lipinski definition) is 5. The first-order valence-electron chi connectivity index (χ1n) is 8.03. The summed E-state index contributed by atoms with van der Waals surface area (Å²) in [5, 5.41) is 4.66. The standard InChI is InChI=1S/C18H13F3N4O3/c1-27-13-6-10-12(8-14(13)28-2)25-16(23-17(10)26)7-11(24-25)9-3-4-22-15(5-9)18(19,20)21/h3-8H,1-2H3,(H,23,26). The molecule has 10 heteroatoms. The van der Waals surface area contributed by atoms with E-state index in [9.17, 15) is 18.0 Å². The molecule has 0 unspecified atom stereocenters. The highest BCUT2D eigenvalue weighted by Gasteiger charge is 2.32. The first-order chi connectivity index (χ1) is 13.3. The predicted octanol–water partition coefficient (Wildman–Crippen LogP) is 3.27. The van der Waals surface area contributed by atoms with Crippen LogP contribution in [0.25, 0.3) is 27.8 Å². The fraction of sp³-hybridized carbons (Fsp3) is 0.167. The van der Waals surface area contributed by atoms with Crippen LogP contribution in [0, 0.1) is 0 Å². The van der Waals surface area contributed by atoms with Crippen molar-refractivity contribution in [3.05, 3.63) is 52.6 Å². The van der Waals surface area contributed by atoms with Crippen molar-refractivity contribution in [3.8, 4) is 22.8 Å². The zero-order valence-electron chi connectivity index (χ0n) is 14.7. The number of methoxy groups -OCH3 is 2. The number of fused-ring (bicyclic) bond motifs is 3. The van der Waals surface area contributed by atoms with Gasteiger partial charge in [0.1, 0.15) is 11.3 Å². The van der Waals surface area contributed by atoms with Crippen molar-refractivity contribution in [3.63, 3.8) is 0 Å². The lowest BCUT2D eigenvalue weighted by atomic mass is 10.1. The van der Waals surface area contributed by atoms with Crippen molar-refractivity contribution in [2.75, 3.05) is 14.2 Å². The van der Waals surface area contributed by atoms with E-state index in [-0.39, 0.29) is 16.8 Å². The molecular weight excluding hydrogens is 377 g/mol. The molecule has 1 aromatic carbocycles. The van der Waals surface area contributed by atoms with Crippen LogP contribution in [0.4, 0.5) is 13.2 Å². The van der Waals surface area contributed by atoms with Gasteiger partial charge in [-0.3, -0.25) is 9.78 Å². The highest BCUT2D eigenvalue weighted by molar-refractivity contribution is 5.84. The van der Waals surface area contributed by atoms with Crippen molar-refractivity contribution in [1.29, 1.82) is 0 Å². The van der Waals surface area contributed by atoms with Gasteiger partial charge in [-0.1, -0.05) is 0 Å².